The number of piperazine rings is 1. The number of hydrogen-bond acceptors (Lipinski definition) is 4. The molecule has 1 amide bonds. The average Bonchev–Trinajstić information content (AvgIpc) is 3.19. The molecule has 4 rings (SSSR count). The van der Waals surface area contributed by atoms with Crippen molar-refractivity contribution >= 4 is 11.6 Å². The van der Waals surface area contributed by atoms with Gasteiger partial charge in [0.05, 0.1) is 0 Å². The van der Waals surface area contributed by atoms with Crippen molar-refractivity contribution in [1.82, 2.24) is 14.8 Å². The third kappa shape index (κ3) is 4.68. The third-order valence-electron chi connectivity index (χ3n) is 6.97. The van der Waals surface area contributed by atoms with Gasteiger partial charge in [0, 0.05) is 68.7 Å². The monoisotopic (exact) mass is 384 g/mol. The van der Waals surface area contributed by atoms with Gasteiger partial charge in [-0.15, -0.1) is 0 Å². The van der Waals surface area contributed by atoms with Gasteiger partial charge in [-0.3, -0.25) is 9.78 Å². The number of nitrogens with zero attached hydrogens (tertiary/aromatic N) is 4. The highest BCUT2D eigenvalue weighted by Gasteiger charge is 2.30. The van der Waals surface area contributed by atoms with Crippen LogP contribution in [0.3, 0.4) is 0 Å². The van der Waals surface area contributed by atoms with E-state index in [1.165, 1.54) is 43.5 Å². The SMILES string of the molecule is Cc1cc(N2CCN(C)CC2)cc([C@@H]2CCN(C(=O)CC3CCCCC3)C2)n1. The van der Waals surface area contributed by atoms with E-state index in [0.29, 0.717) is 17.7 Å². The molecule has 1 saturated carbocycles. The number of carbonyl (C=O) groups is 1. The van der Waals surface area contributed by atoms with Crippen LogP contribution in [-0.2, 0) is 4.79 Å². The molecule has 0 unspecified atom stereocenters. The molecule has 3 fully saturated rings. The van der Waals surface area contributed by atoms with Crippen molar-refractivity contribution in [3.63, 3.8) is 0 Å². The van der Waals surface area contributed by atoms with Crippen LogP contribution in [0.2, 0.25) is 0 Å². The number of rotatable bonds is 4. The molecule has 1 aromatic heterocycles. The Labute approximate surface area is 170 Å². The second kappa shape index (κ2) is 8.81. The molecule has 0 spiro atoms. The van der Waals surface area contributed by atoms with E-state index in [2.05, 4.69) is 40.8 Å². The number of hydrogen-bond donors (Lipinski definition) is 0. The molecule has 154 valence electrons. The maximum absolute atomic E-state index is 12.8. The van der Waals surface area contributed by atoms with Gasteiger partial charge in [0.15, 0.2) is 0 Å². The Balaban J connectivity index is 1.38. The fraction of sp³-hybridized carbons (Fsp3) is 0.739. The minimum Gasteiger partial charge on any atom is -0.369 e. The fourth-order valence-electron chi connectivity index (χ4n) is 5.13. The van der Waals surface area contributed by atoms with Crippen LogP contribution in [0.15, 0.2) is 12.1 Å². The van der Waals surface area contributed by atoms with Crippen LogP contribution in [0.4, 0.5) is 5.69 Å². The number of likely N-dealkylation sites (tertiary alicyclic amines) is 1. The summed E-state index contributed by atoms with van der Waals surface area (Å²) in [6, 6.07) is 4.51. The third-order valence-corrected chi connectivity index (χ3v) is 6.97. The van der Waals surface area contributed by atoms with Gasteiger partial charge >= 0.3 is 0 Å². The first-order valence-corrected chi connectivity index (χ1v) is 11.3. The molecule has 0 N–H and O–H groups in total. The van der Waals surface area contributed by atoms with Crippen LogP contribution < -0.4 is 4.90 Å². The number of pyridine rings is 1. The first-order chi connectivity index (χ1) is 13.6. The van der Waals surface area contributed by atoms with E-state index in [1.54, 1.807) is 0 Å². The van der Waals surface area contributed by atoms with Gasteiger partial charge in [-0.2, -0.15) is 0 Å². The van der Waals surface area contributed by atoms with E-state index in [0.717, 1.165) is 57.8 Å². The molecule has 0 aromatic carbocycles. The average molecular weight is 385 g/mol. The molecule has 5 heteroatoms. The van der Waals surface area contributed by atoms with Crippen LogP contribution >= 0.6 is 0 Å². The highest BCUT2D eigenvalue weighted by Crippen LogP contribution is 2.32. The van der Waals surface area contributed by atoms with Gasteiger partial charge in [-0.25, -0.2) is 0 Å². The maximum atomic E-state index is 12.8. The Kier molecular flexibility index (Phi) is 6.19. The van der Waals surface area contributed by atoms with Crippen LogP contribution in [0.25, 0.3) is 0 Å². The fourth-order valence-corrected chi connectivity index (χ4v) is 5.13. The lowest BCUT2D eigenvalue weighted by Crippen LogP contribution is -2.44. The van der Waals surface area contributed by atoms with E-state index >= 15 is 0 Å². The first-order valence-electron chi connectivity index (χ1n) is 11.3. The number of carbonyl (C=O) groups excluding carboxylic acids is 1. The van der Waals surface area contributed by atoms with E-state index in [1.807, 2.05) is 0 Å². The second-order valence-electron chi connectivity index (χ2n) is 9.22. The number of aromatic nitrogens is 1. The molecule has 1 aromatic rings. The van der Waals surface area contributed by atoms with Gasteiger partial charge < -0.3 is 14.7 Å². The summed E-state index contributed by atoms with van der Waals surface area (Å²) in [6.45, 7) is 8.24. The van der Waals surface area contributed by atoms with Crippen LogP contribution in [0.5, 0.6) is 0 Å². The molecule has 2 aliphatic heterocycles. The Bertz CT molecular complexity index is 677. The van der Waals surface area contributed by atoms with Crippen molar-refractivity contribution in [1.29, 1.82) is 0 Å². The molecule has 5 nitrogen and oxygen atoms in total. The lowest BCUT2D eigenvalue weighted by molar-refractivity contribution is -0.131. The van der Waals surface area contributed by atoms with Gasteiger partial charge in [0.2, 0.25) is 5.91 Å². The molecule has 2 saturated heterocycles. The molecule has 3 heterocycles. The van der Waals surface area contributed by atoms with Crippen LogP contribution in [0.1, 0.15) is 62.3 Å². The summed E-state index contributed by atoms with van der Waals surface area (Å²) in [7, 11) is 2.19. The molecule has 0 radical (unpaired) electrons. The maximum Gasteiger partial charge on any atom is 0.222 e. The zero-order valence-electron chi connectivity index (χ0n) is 17.7. The Morgan fingerprint density at radius 1 is 1.04 bits per heavy atom. The number of aryl methyl sites for hydroxylation is 1. The van der Waals surface area contributed by atoms with E-state index in [9.17, 15) is 4.79 Å². The van der Waals surface area contributed by atoms with Crippen LogP contribution in [0, 0.1) is 12.8 Å². The van der Waals surface area contributed by atoms with Crippen LogP contribution in [-0.4, -0.2) is 67.0 Å². The predicted molar refractivity (Wildman–Crippen MR) is 114 cm³/mol. The van der Waals surface area contributed by atoms with Gasteiger partial charge in [-0.1, -0.05) is 19.3 Å². The highest BCUT2D eigenvalue weighted by molar-refractivity contribution is 5.77. The second-order valence-corrected chi connectivity index (χ2v) is 9.22. The Hall–Kier alpha value is -1.62. The van der Waals surface area contributed by atoms with Crippen molar-refractivity contribution < 1.29 is 4.79 Å². The summed E-state index contributed by atoms with van der Waals surface area (Å²) in [5, 5.41) is 0. The number of amides is 1. The van der Waals surface area contributed by atoms with Crippen molar-refractivity contribution in [3.05, 3.63) is 23.5 Å². The zero-order valence-corrected chi connectivity index (χ0v) is 17.7. The molecule has 0 bridgehead atoms. The molecule has 1 atom stereocenters. The summed E-state index contributed by atoms with van der Waals surface area (Å²) in [5.74, 6) is 1.39. The molecular weight excluding hydrogens is 348 g/mol. The summed E-state index contributed by atoms with van der Waals surface area (Å²) < 4.78 is 0. The number of likely N-dealkylation sites (N-methyl/N-ethyl adjacent to an activating group) is 1. The van der Waals surface area contributed by atoms with Crippen molar-refractivity contribution in [2.45, 2.75) is 57.8 Å². The summed E-state index contributed by atoms with van der Waals surface area (Å²) >= 11 is 0. The van der Waals surface area contributed by atoms with E-state index < -0.39 is 0 Å². The predicted octanol–water partition coefficient (Wildman–Crippen LogP) is 3.43. The van der Waals surface area contributed by atoms with Crippen molar-refractivity contribution in [3.8, 4) is 0 Å². The lowest BCUT2D eigenvalue weighted by atomic mass is 9.87. The highest BCUT2D eigenvalue weighted by atomic mass is 16.2. The summed E-state index contributed by atoms with van der Waals surface area (Å²) in [5.41, 5.74) is 3.59. The van der Waals surface area contributed by atoms with Crippen molar-refractivity contribution in [2.24, 2.45) is 5.92 Å². The first kappa shape index (κ1) is 19.7. The topological polar surface area (TPSA) is 39.7 Å². The summed E-state index contributed by atoms with van der Waals surface area (Å²) in [6.07, 6.45) is 8.28. The quantitative estimate of drug-likeness (QED) is 0.797. The molecule has 3 aliphatic rings. The largest absolute Gasteiger partial charge is 0.369 e. The van der Waals surface area contributed by atoms with Gasteiger partial charge in [-0.05, 0) is 51.3 Å². The zero-order chi connectivity index (χ0) is 19.5. The normalized spacial score (nSPS) is 24.7. The Morgan fingerprint density at radius 3 is 2.54 bits per heavy atom. The van der Waals surface area contributed by atoms with E-state index in [-0.39, 0.29) is 0 Å². The van der Waals surface area contributed by atoms with E-state index in [4.69, 9.17) is 4.98 Å². The smallest absolute Gasteiger partial charge is 0.222 e. The Morgan fingerprint density at radius 2 is 1.79 bits per heavy atom. The van der Waals surface area contributed by atoms with Crippen molar-refractivity contribution in [2.75, 3.05) is 51.2 Å². The molecule has 28 heavy (non-hydrogen) atoms. The standard InChI is InChI=1S/C23H36N4O/c1-18-14-21(26-12-10-25(2)11-13-26)16-22(24-18)20-8-9-27(17-20)23(28)15-19-6-4-3-5-7-19/h14,16,19-20H,3-13,15,17H2,1-2H3/t20-/m1/s1. The lowest BCUT2D eigenvalue weighted by Gasteiger charge is -2.34. The minimum absolute atomic E-state index is 0.376. The molecule has 1 aliphatic carbocycles. The number of anilines is 1. The minimum atomic E-state index is 0.376. The van der Waals surface area contributed by atoms with Gasteiger partial charge in [0.1, 0.15) is 0 Å². The molecular formula is C23H36N4O. The van der Waals surface area contributed by atoms with Gasteiger partial charge in [0.25, 0.3) is 0 Å². The summed E-state index contributed by atoms with van der Waals surface area (Å²) in [4.78, 5) is 24.6.